The molecule has 2 heterocycles. The summed E-state index contributed by atoms with van der Waals surface area (Å²) in [5.74, 6) is 0.984. The van der Waals surface area contributed by atoms with Gasteiger partial charge in [-0.1, -0.05) is 0 Å². The van der Waals surface area contributed by atoms with Gasteiger partial charge in [-0.05, 0) is 12.8 Å². The van der Waals surface area contributed by atoms with Crippen molar-refractivity contribution in [1.82, 2.24) is 15.5 Å². The molecule has 2 fully saturated rings. The van der Waals surface area contributed by atoms with Crippen LogP contribution in [0.15, 0.2) is 4.99 Å². The summed E-state index contributed by atoms with van der Waals surface area (Å²) in [7, 11) is 1.75. The normalized spacial score (nSPS) is 27.2. The van der Waals surface area contributed by atoms with Gasteiger partial charge >= 0.3 is 0 Å². The van der Waals surface area contributed by atoms with Crippen LogP contribution in [0, 0.1) is 5.41 Å². The number of nitrogens with one attached hydrogen (secondary N) is 2. The van der Waals surface area contributed by atoms with Crippen LogP contribution in [0.2, 0.25) is 0 Å². The highest BCUT2D eigenvalue weighted by atomic mass is 127. The molecular weight excluding hydrogens is 359 g/mol. The number of nitrogens with zero attached hydrogens (tertiary/aromatic N) is 2. The van der Waals surface area contributed by atoms with Crippen LogP contribution in [0.4, 0.5) is 0 Å². The fourth-order valence-corrected chi connectivity index (χ4v) is 2.93. The predicted molar refractivity (Wildman–Crippen MR) is 84.7 cm³/mol. The zero-order valence-corrected chi connectivity index (χ0v) is 13.6. The summed E-state index contributed by atoms with van der Waals surface area (Å²) < 4.78 is 0. The number of hydrogen-bond acceptors (Lipinski definition) is 3. The summed E-state index contributed by atoms with van der Waals surface area (Å²) >= 11 is 0. The van der Waals surface area contributed by atoms with E-state index in [0.29, 0.717) is 13.0 Å². The lowest BCUT2D eigenvalue weighted by atomic mass is 9.79. The quantitative estimate of drug-likeness (QED) is 0.351. The highest BCUT2D eigenvalue weighted by Gasteiger charge is 2.42. The number of aliphatic imine (C=N–C) groups is 1. The average Bonchev–Trinajstić information content (AvgIpc) is 2.71. The third-order valence-electron chi connectivity index (χ3n) is 3.76. The standard InChI is InChI=1S/C12H22N4O2.HI/c1-13-11(14-4-6-17)16-5-2-3-12(9-16)7-10(18)15-8-12;/h17H,2-9H2,1H3,(H,13,14)(H,15,18);1H. The minimum absolute atomic E-state index is 0. The van der Waals surface area contributed by atoms with E-state index in [-0.39, 0.29) is 41.9 Å². The minimum Gasteiger partial charge on any atom is -0.395 e. The second-order valence-corrected chi connectivity index (χ2v) is 5.18. The van der Waals surface area contributed by atoms with Gasteiger partial charge in [0.05, 0.1) is 6.61 Å². The van der Waals surface area contributed by atoms with Crippen molar-refractivity contribution in [3.63, 3.8) is 0 Å². The molecule has 7 heteroatoms. The molecule has 19 heavy (non-hydrogen) atoms. The van der Waals surface area contributed by atoms with Crippen molar-refractivity contribution in [2.45, 2.75) is 19.3 Å². The van der Waals surface area contributed by atoms with Gasteiger partial charge in [-0.3, -0.25) is 9.79 Å². The van der Waals surface area contributed by atoms with Gasteiger partial charge in [-0.25, -0.2) is 0 Å². The molecule has 0 radical (unpaired) electrons. The van der Waals surface area contributed by atoms with Crippen LogP contribution in [-0.4, -0.2) is 61.7 Å². The molecule has 0 aromatic heterocycles. The largest absolute Gasteiger partial charge is 0.395 e. The highest BCUT2D eigenvalue weighted by Crippen LogP contribution is 2.35. The maximum Gasteiger partial charge on any atom is 0.220 e. The molecule has 2 rings (SSSR count). The van der Waals surface area contributed by atoms with Gasteiger partial charge < -0.3 is 20.6 Å². The lowest BCUT2D eigenvalue weighted by molar-refractivity contribution is -0.119. The van der Waals surface area contributed by atoms with Gasteiger partial charge in [0.1, 0.15) is 0 Å². The zero-order chi connectivity index (χ0) is 13.0. The third kappa shape index (κ3) is 3.95. The van der Waals surface area contributed by atoms with E-state index in [2.05, 4.69) is 20.5 Å². The first-order valence-corrected chi connectivity index (χ1v) is 6.52. The van der Waals surface area contributed by atoms with Crippen molar-refractivity contribution in [1.29, 1.82) is 0 Å². The average molecular weight is 382 g/mol. The lowest BCUT2D eigenvalue weighted by Crippen LogP contribution is -2.51. The molecule has 0 saturated carbocycles. The van der Waals surface area contributed by atoms with Crippen LogP contribution in [-0.2, 0) is 4.79 Å². The molecule has 1 spiro atoms. The van der Waals surface area contributed by atoms with E-state index >= 15 is 0 Å². The van der Waals surface area contributed by atoms with Gasteiger partial charge in [-0.2, -0.15) is 0 Å². The molecule has 6 nitrogen and oxygen atoms in total. The predicted octanol–water partition coefficient (Wildman–Crippen LogP) is -0.226. The summed E-state index contributed by atoms with van der Waals surface area (Å²) in [4.78, 5) is 17.9. The van der Waals surface area contributed by atoms with E-state index in [1.807, 2.05) is 0 Å². The Hall–Kier alpha value is -0.570. The summed E-state index contributed by atoms with van der Waals surface area (Å²) in [6.07, 6.45) is 2.80. The van der Waals surface area contributed by atoms with Crippen LogP contribution < -0.4 is 10.6 Å². The molecule has 2 aliphatic heterocycles. The van der Waals surface area contributed by atoms with Crippen molar-refractivity contribution in [2.24, 2.45) is 10.4 Å². The Morgan fingerprint density at radius 3 is 3.00 bits per heavy atom. The second kappa shape index (κ2) is 7.28. The molecular formula is C12H23IN4O2. The number of likely N-dealkylation sites (tertiary alicyclic amines) is 1. The smallest absolute Gasteiger partial charge is 0.220 e. The maximum absolute atomic E-state index is 11.4. The van der Waals surface area contributed by atoms with Crippen LogP contribution in [0.25, 0.3) is 0 Å². The molecule has 3 N–H and O–H groups in total. The van der Waals surface area contributed by atoms with Gasteiger partial charge in [0.25, 0.3) is 0 Å². The second-order valence-electron chi connectivity index (χ2n) is 5.18. The van der Waals surface area contributed by atoms with Crippen molar-refractivity contribution >= 4 is 35.8 Å². The molecule has 1 unspecified atom stereocenters. The van der Waals surface area contributed by atoms with E-state index in [1.165, 1.54) is 0 Å². The Labute approximate surface area is 131 Å². The third-order valence-corrected chi connectivity index (χ3v) is 3.76. The highest BCUT2D eigenvalue weighted by molar-refractivity contribution is 14.0. The van der Waals surface area contributed by atoms with Crippen molar-refractivity contribution in [3.05, 3.63) is 0 Å². The van der Waals surface area contributed by atoms with Crippen LogP contribution >= 0.6 is 24.0 Å². The Balaban J connectivity index is 0.00000180. The number of rotatable bonds is 2. The number of aliphatic hydroxyl groups is 1. The number of piperidine rings is 1. The number of halogens is 1. The van der Waals surface area contributed by atoms with E-state index < -0.39 is 0 Å². The number of carbonyl (C=O) groups is 1. The van der Waals surface area contributed by atoms with Gasteiger partial charge in [0.15, 0.2) is 5.96 Å². The van der Waals surface area contributed by atoms with Gasteiger partial charge in [-0.15, -0.1) is 24.0 Å². The fraction of sp³-hybridized carbons (Fsp3) is 0.833. The SMILES string of the molecule is CN=C(NCCO)N1CCCC2(CNC(=O)C2)C1.I. The fourth-order valence-electron chi connectivity index (χ4n) is 2.93. The summed E-state index contributed by atoms with van der Waals surface area (Å²) in [6.45, 7) is 3.20. The molecule has 2 aliphatic rings. The molecule has 2 saturated heterocycles. The van der Waals surface area contributed by atoms with E-state index in [1.54, 1.807) is 7.05 Å². The number of amides is 1. The first-order chi connectivity index (χ1) is 8.69. The summed E-state index contributed by atoms with van der Waals surface area (Å²) in [5.41, 5.74) is 0.0756. The Kier molecular flexibility index (Phi) is 6.31. The number of guanidine groups is 1. The Morgan fingerprint density at radius 1 is 1.63 bits per heavy atom. The van der Waals surface area contributed by atoms with Gasteiger partial charge in [0.2, 0.25) is 5.91 Å². The summed E-state index contributed by atoms with van der Waals surface area (Å²) in [5, 5.41) is 14.9. The molecule has 0 aromatic rings. The van der Waals surface area contributed by atoms with Crippen molar-refractivity contribution < 1.29 is 9.90 Å². The summed E-state index contributed by atoms with van der Waals surface area (Å²) in [6, 6.07) is 0. The maximum atomic E-state index is 11.4. The Morgan fingerprint density at radius 2 is 2.42 bits per heavy atom. The number of hydrogen-bond donors (Lipinski definition) is 3. The Bertz CT molecular complexity index is 351. The molecule has 0 aromatic carbocycles. The van der Waals surface area contributed by atoms with E-state index in [0.717, 1.165) is 38.4 Å². The first kappa shape index (κ1) is 16.5. The minimum atomic E-state index is 0. The van der Waals surface area contributed by atoms with Crippen LogP contribution in [0.1, 0.15) is 19.3 Å². The molecule has 110 valence electrons. The zero-order valence-electron chi connectivity index (χ0n) is 11.3. The van der Waals surface area contributed by atoms with Gasteiger partial charge in [0, 0.05) is 45.1 Å². The monoisotopic (exact) mass is 382 g/mol. The first-order valence-electron chi connectivity index (χ1n) is 6.52. The van der Waals surface area contributed by atoms with Crippen LogP contribution in [0.5, 0.6) is 0 Å². The van der Waals surface area contributed by atoms with Crippen LogP contribution in [0.3, 0.4) is 0 Å². The molecule has 0 aliphatic carbocycles. The number of aliphatic hydroxyl groups excluding tert-OH is 1. The molecule has 1 atom stereocenters. The topological polar surface area (TPSA) is 77.0 Å². The van der Waals surface area contributed by atoms with Crippen molar-refractivity contribution in [3.8, 4) is 0 Å². The van der Waals surface area contributed by atoms with Crippen molar-refractivity contribution in [2.75, 3.05) is 39.8 Å². The lowest BCUT2D eigenvalue weighted by Gasteiger charge is -2.40. The molecule has 0 bridgehead atoms. The molecule has 1 amide bonds. The number of carbonyl (C=O) groups excluding carboxylic acids is 1. The van der Waals surface area contributed by atoms with E-state index in [4.69, 9.17) is 5.11 Å². The van der Waals surface area contributed by atoms with E-state index in [9.17, 15) is 4.79 Å².